The van der Waals surface area contributed by atoms with Crippen molar-refractivity contribution in [3.8, 4) is 5.75 Å². The van der Waals surface area contributed by atoms with Gasteiger partial charge in [-0.25, -0.2) is 8.42 Å². The van der Waals surface area contributed by atoms with Crippen molar-refractivity contribution in [2.45, 2.75) is 59.2 Å². The summed E-state index contributed by atoms with van der Waals surface area (Å²) in [4.78, 5) is 27.6. The van der Waals surface area contributed by atoms with Crippen LogP contribution in [0.5, 0.6) is 5.75 Å². The standard InChI is InChI=1S/C26H37N3O5S/c1-19(2)27-26(31)21(4)28(18-22-11-8-7-10-20(22)3)25(30)12-9-17-29(35(6,32)33)23-13-15-24(34-5)16-14-23/h7-8,10-11,13-16,19,21H,9,12,17-18H2,1-6H3,(H,27,31)/t21-/m0/s1. The number of hydrogen-bond donors (Lipinski definition) is 1. The second-order valence-electron chi connectivity index (χ2n) is 8.92. The molecule has 0 aliphatic heterocycles. The average Bonchev–Trinajstić information content (AvgIpc) is 2.79. The van der Waals surface area contributed by atoms with E-state index in [1.807, 2.05) is 45.0 Å². The van der Waals surface area contributed by atoms with Gasteiger partial charge in [0.05, 0.1) is 19.1 Å². The SMILES string of the molecule is COc1ccc(N(CCCC(=O)N(Cc2ccccc2C)[C@@H](C)C(=O)NC(C)C)S(C)(=O)=O)cc1. The van der Waals surface area contributed by atoms with Crippen molar-refractivity contribution in [2.75, 3.05) is 24.2 Å². The maximum atomic E-state index is 13.3. The van der Waals surface area contributed by atoms with E-state index in [1.54, 1.807) is 43.2 Å². The van der Waals surface area contributed by atoms with E-state index in [0.29, 0.717) is 24.4 Å². The van der Waals surface area contributed by atoms with Gasteiger partial charge in [0.2, 0.25) is 21.8 Å². The Kier molecular flexibility index (Phi) is 10.1. The first kappa shape index (κ1) is 28.2. The zero-order chi connectivity index (χ0) is 26.2. The Bertz CT molecular complexity index is 1100. The normalized spacial score (nSPS) is 12.2. The fraction of sp³-hybridized carbons (Fsp3) is 0.462. The van der Waals surface area contributed by atoms with Gasteiger partial charge < -0.3 is 15.0 Å². The molecule has 0 saturated carbocycles. The van der Waals surface area contributed by atoms with E-state index in [0.717, 1.165) is 17.4 Å². The molecule has 9 heteroatoms. The fourth-order valence-corrected chi connectivity index (χ4v) is 4.68. The lowest BCUT2D eigenvalue weighted by Gasteiger charge is -2.30. The Labute approximate surface area is 209 Å². The number of rotatable bonds is 12. The molecular weight excluding hydrogens is 466 g/mol. The van der Waals surface area contributed by atoms with Gasteiger partial charge in [0.25, 0.3) is 0 Å². The number of ether oxygens (including phenoxy) is 1. The Morgan fingerprint density at radius 2 is 1.66 bits per heavy atom. The Hall–Kier alpha value is -3.07. The predicted octanol–water partition coefficient (Wildman–Crippen LogP) is 3.49. The van der Waals surface area contributed by atoms with Gasteiger partial charge in [-0.1, -0.05) is 24.3 Å². The van der Waals surface area contributed by atoms with Crippen molar-refractivity contribution in [1.82, 2.24) is 10.2 Å². The van der Waals surface area contributed by atoms with Crippen LogP contribution in [0.2, 0.25) is 0 Å². The third-order valence-electron chi connectivity index (χ3n) is 5.71. The summed E-state index contributed by atoms with van der Waals surface area (Å²) < 4.78 is 31.3. The largest absolute Gasteiger partial charge is 0.497 e. The maximum Gasteiger partial charge on any atom is 0.242 e. The van der Waals surface area contributed by atoms with Crippen LogP contribution in [-0.4, -0.2) is 57.1 Å². The van der Waals surface area contributed by atoms with E-state index in [-0.39, 0.29) is 30.8 Å². The van der Waals surface area contributed by atoms with Crippen molar-refractivity contribution >= 4 is 27.5 Å². The molecule has 2 amide bonds. The highest BCUT2D eigenvalue weighted by molar-refractivity contribution is 7.92. The first-order valence-electron chi connectivity index (χ1n) is 11.7. The summed E-state index contributed by atoms with van der Waals surface area (Å²) in [6.45, 7) is 7.87. The zero-order valence-corrected chi connectivity index (χ0v) is 22.3. The molecule has 0 aromatic heterocycles. The summed E-state index contributed by atoms with van der Waals surface area (Å²) in [5.74, 6) is 0.193. The van der Waals surface area contributed by atoms with Gasteiger partial charge in [-0.3, -0.25) is 13.9 Å². The van der Waals surface area contributed by atoms with Crippen LogP contribution in [0, 0.1) is 6.92 Å². The number of hydrogen-bond acceptors (Lipinski definition) is 5. The van der Waals surface area contributed by atoms with E-state index >= 15 is 0 Å². The predicted molar refractivity (Wildman–Crippen MR) is 139 cm³/mol. The summed E-state index contributed by atoms with van der Waals surface area (Å²) in [6.07, 6.45) is 1.55. The Morgan fingerprint density at radius 1 is 1.03 bits per heavy atom. The number of aryl methyl sites for hydroxylation is 1. The Balaban J connectivity index is 2.17. The molecule has 0 radical (unpaired) electrons. The van der Waals surface area contributed by atoms with Gasteiger partial charge in [0.15, 0.2) is 0 Å². The molecule has 192 valence electrons. The number of methoxy groups -OCH3 is 1. The number of sulfonamides is 1. The maximum absolute atomic E-state index is 13.3. The zero-order valence-electron chi connectivity index (χ0n) is 21.4. The minimum Gasteiger partial charge on any atom is -0.497 e. The molecule has 0 heterocycles. The lowest BCUT2D eigenvalue weighted by Crippen LogP contribution is -2.49. The van der Waals surface area contributed by atoms with Crippen LogP contribution in [0.1, 0.15) is 44.7 Å². The summed E-state index contributed by atoms with van der Waals surface area (Å²) in [6, 6.07) is 13.8. The van der Waals surface area contributed by atoms with Gasteiger partial charge in [0, 0.05) is 25.6 Å². The number of amides is 2. The van der Waals surface area contributed by atoms with Crippen molar-refractivity contribution in [2.24, 2.45) is 0 Å². The van der Waals surface area contributed by atoms with E-state index in [4.69, 9.17) is 4.74 Å². The molecule has 0 spiro atoms. The van der Waals surface area contributed by atoms with E-state index in [2.05, 4.69) is 5.32 Å². The van der Waals surface area contributed by atoms with Crippen LogP contribution in [-0.2, 0) is 26.2 Å². The topological polar surface area (TPSA) is 96.0 Å². The van der Waals surface area contributed by atoms with Crippen LogP contribution in [0.15, 0.2) is 48.5 Å². The molecule has 0 aliphatic rings. The molecule has 2 rings (SSSR count). The molecule has 2 aromatic carbocycles. The lowest BCUT2D eigenvalue weighted by atomic mass is 10.1. The van der Waals surface area contributed by atoms with Crippen molar-refractivity contribution < 1.29 is 22.7 Å². The molecular formula is C26H37N3O5S. The molecule has 0 unspecified atom stereocenters. The minimum atomic E-state index is -3.55. The van der Waals surface area contributed by atoms with Crippen LogP contribution < -0.4 is 14.4 Å². The molecule has 1 atom stereocenters. The third-order valence-corrected chi connectivity index (χ3v) is 6.91. The molecule has 0 aliphatic carbocycles. The van der Waals surface area contributed by atoms with Gasteiger partial charge >= 0.3 is 0 Å². The number of benzene rings is 2. The summed E-state index contributed by atoms with van der Waals surface area (Å²) in [7, 11) is -2.01. The number of carbonyl (C=O) groups excluding carboxylic acids is 2. The van der Waals surface area contributed by atoms with Crippen LogP contribution in [0.4, 0.5) is 5.69 Å². The molecule has 1 N–H and O–H groups in total. The van der Waals surface area contributed by atoms with Gasteiger partial charge in [-0.2, -0.15) is 0 Å². The number of nitrogens with one attached hydrogen (secondary N) is 1. The van der Waals surface area contributed by atoms with E-state index in [1.165, 1.54) is 4.31 Å². The molecule has 35 heavy (non-hydrogen) atoms. The smallest absolute Gasteiger partial charge is 0.242 e. The van der Waals surface area contributed by atoms with E-state index < -0.39 is 16.1 Å². The number of anilines is 1. The number of nitrogens with zero attached hydrogens (tertiary/aromatic N) is 2. The van der Waals surface area contributed by atoms with Gasteiger partial charge in [-0.05, 0) is 69.5 Å². The van der Waals surface area contributed by atoms with Crippen molar-refractivity contribution in [1.29, 1.82) is 0 Å². The first-order chi connectivity index (χ1) is 16.4. The van der Waals surface area contributed by atoms with Gasteiger partial charge in [-0.15, -0.1) is 0 Å². The highest BCUT2D eigenvalue weighted by atomic mass is 32.2. The highest BCUT2D eigenvalue weighted by Gasteiger charge is 2.27. The van der Waals surface area contributed by atoms with Crippen molar-refractivity contribution in [3.05, 3.63) is 59.7 Å². The molecule has 0 saturated heterocycles. The van der Waals surface area contributed by atoms with Crippen LogP contribution in [0.25, 0.3) is 0 Å². The molecule has 0 fully saturated rings. The highest BCUT2D eigenvalue weighted by Crippen LogP contribution is 2.22. The Morgan fingerprint density at radius 3 is 2.20 bits per heavy atom. The van der Waals surface area contributed by atoms with Crippen LogP contribution >= 0.6 is 0 Å². The second-order valence-corrected chi connectivity index (χ2v) is 10.8. The first-order valence-corrected chi connectivity index (χ1v) is 13.5. The van der Waals surface area contributed by atoms with Gasteiger partial charge in [0.1, 0.15) is 11.8 Å². The average molecular weight is 504 g/mol. The molecule has 8 nitrogen and oxygen atoms in total. The second kappa shape index (κ2) is 12.6. The summed E-state index contributed by atoms with van der Waals surface area (Å²) >= 11 is 0. The minimum absolute atomic E-state index is 0.0480. The molecule has 2 aromatic rings. The van der Waals surface area contributed by atoms with Crippen molar-refractivity contribution in [3.63, 3.8) is 0 Å². The van der Waals surface area contributed by atoms with Crippen LogP contribution in [0.3, 0.4) is 0 Å². The third kappa shape index (κ3) is 8.28. The number of carbonyl (C=O) groups is 2. The monoisotopic (exact) mass is 503 g/mol. The lowest BCUT2D eigenvalue weighted by molar-refractivity contribution is -0.140. The fourth-order valence-electron chi connectivity index (χ4n) is 3.71. The summed E-state index contributed by atoms with van der Waals surface area (Å²) in [5.41, 5.74) is 2.49. The quantitative estimate of drug-likeness (QED) is 0.478. The molecule has 0 bridgehead atoms. The summed E-state index contributed by atoms with van der Waals surface area (Å²) in [5, 5.41) is 2.87. The van der Waals surface area contributed by atoms with E-state index in [9.17, 15) is 18.0 Å².